The molecule has 1 unspecified atom stereocenters. The molecule has 0 bridgehead atoms. The molecule has 0 saturated heterocycles. The van der Waals surface area contributed by atoms with Gasteiger partial charge in [0.05, 0.1) is 6.04 Å². The number of hydrogen-bond acceptors (Lipinski definition) is 3. The van der Waals surface area contributed by atoms with Crippen LogP contribution in [0.25, 0.3) is 0 Å². The van der Waals surface area contributed by atoms with Crippen molar-refractivity contribution in [2.24, 2.45) is 0 Å². The molecule has 0 fully saturated rings. The molecular weight excluding hydrogens is 277 g/mol. The van der Waals surface area contributed by atoms with Crippen molar-refractivity contribution < 1.29 is 4.39 Å². The van der Waals surface area contributed by atoms with Gasteiger partial charge in [-0.2, -0.15) is 0 Å². The highest BCUT2D eigenvalue weighted by atomic mass is 32.2. The summed E-state index contributed by atoms with van der Waals surface area (Å²) >= 11 is 3.34. The Hall–Kier alpha value is -0.840. The van der Waals surface area contributed by atoms with Crippen LogP contribution in [0.15, 0.2) is 40.6 Å². The SMILES string of the molecule is CCNC(CSc1ccccc1F)c1sccc1C. The lowest BCUT2D eigenvalue weighted by Crippen LogP contribution is -2.22. The van der Waals surface area contributed by atoms with Crippen LogP contribution in [-0.2, 0) is 0 Å². The zero-order valence-electron chi connectivity index (χ0n) is 11.2. The summed E-state index contributed by atoms with van der Waals surface area (Å²) < 4.78 is 13.6. The maximum Gasteiger partial charge on any atom is 0.136 e. The highest BCUT2D eigenvalue weighted by molar-refractivity contribution is 7.99. The van der Waals surface area contributed by atoms with Crippen molar-refractivity contribution in [2.75, 3.05) is 12.3 Å². The smallest absolute Gasteiger partial charge is 0.136 e. The molecule has 0 aliphatic carbocycles. The molecule has 1 aromatic carbocycles. The first-order valence-corrected chi connectivity index (χ1v) is 8.23. The minimum Gasteiger partial charge on any atom is -0.309 e. The van der Waals surface area contributed by atoms with E-state index < -0.39 is 0 Å². The van der Waals surface area contributed by atoms with E-state index in [9.17, 15) is 4.39 Å². The standard InChI is InChI=1S/C15H18FNS2/c1-3-17-13(15-11(2)8-9-18-15)10-19-14-7-5-4-6-12(14)16/h4-9,13,17H,3,10H2,1-2H3. The lowest BCUT2D eigenvalue weighted by molar-refractivity contribution is 0.597. The summed E-state index contributed by atoms with van der Waals surface area (Å²) in [5.74, 6) is 0.710. The third-order valence-corrected chi connectivity index (χ3v) is 5.19. The van der Waals surface area contributed by atoms with Gasteiger partial charge >= 0.3 is 0 Å². The van der Waals surface area contributed by atoms with Gasteiger partial charge in [0.2, 0.25) is 0 Å². The van der Waals surface area contributed by atoms with E-state index in [0.29, 0.717) is 0 Å². The van der Waals surface area contributed by atoms with E-state index >= 15 is 0 Å². The largest absolute Gasteiger partial charge is 0.309 e. The minimum atomic E-state index is -0.134. The number of nitrogens with one attached hydrogen (secondary N) is 1. The molecule has 0 saturated carbocycles. The molecule has 4 heteroatoms. The van der Waals surface area contributed by atoms with Crippen LogP contribution in [0.2, 0.25) is 0 Å². The molecule has 2 rings (SSSR count). The van der Waals surface area contributed by atoms with Crippen LogP contribution in [0.3, 0.4) is 0 Å². The summed E-state index contributed by atoms with van der Waals surface area (Å²) in [6, 6.07) is 9.38. The van der Waals surface area contributed by atoms with E-state index in [1.165, 1.54) is 16.5 Å². The Balaban J connectivity index is 2.06. The molecule has 0 amide bonds. The molecule has 19 heavy (non-hydrogen) atoms. The highest BCUT2D eigenvalue weighted by Crippen LogP contribution is 2.30. The second-order valence-corrected chi connectivity index (χ2v) is 6.33. The normalized spacial score (nSPS) is 12.6. The van der Waals surface area contributed by atoms with Crippen molar-refractivity contribution in [1.82, 2.24) is 5.32 Å². The third-order valence-electron chi connectivity index (χ3n) is 2.91. The van der Waals surface area contributed by atoms with E-state index in [0.717, 1.165) is 17.2 Å². The van der Waals surface area contributed by atoms with Crippen molar-refractivity contribution in [3.8, 4) is 0 Å². The van der Waals surface area contributed by atoms with Crippen LogP contribution in [0, 0.1) is 12.7 Å². The van der Waals surface area contributed by atoms with Crippen molar-refractivity contribution >= 4 is 23.1 Å². The molecule has 0 aliphatic heterocycles. The Morgan fingerprint density at radius 1 is 1.32 bits per heavy atom. The van der Waals surface area contributed by atoms with E-state index in [2.05, 4.69) is 30.6 Å². The van der Waals surface area contributed by atoms with E-state index in [4.69, 9.17) is 0 Å². The molecule has 2 aromatic rings. The monoisotopic (exact) mass is 295 g/mol. The Labute approximate surface area is 122 Å². The summed E-state index contributed by atoms with van der Waals surface area (Å²) in [6.45, 7) is 5.15. The molecule has 1 aromatic heterocycles. The van der Waals surface area contributed by atoms with E-state index in [1.807, 2.05) is 12.1 Å². The number of hydrogen-bond donors (Lipinski definition) is 1. The number of aryl methyl sites for hydroxylation is 1. The van der Waals surface area contributed by atoms with Crippen LogP contribution in [0.1, 0.15) is 23.4 Å². The predicted octanol–water partition coefficient (Wildman–Crippen LogP) is 4.64. The minimum absolute atomic E-state index is 0.134. The Morgan fingerprint density at radius 2 is 2.11 bits per heavy atom. The quantitative estimate of drug-likeness (QED) is 0.779. The average Bonchev–Trinajstić information content (AvgIpc) is 2.82. The van der Waals surface area contributed by atoms with Crippen LogP contribution in [0.5, 0.6) is 0 Å². The second-order valence-electron chi connectivity index (χ2n) is 4.32. The predicted molar refractivity (Wildman–Crippen MR) is 82.6 cm³/mol. The lowest BCUT2D eigenvalue weighted by Gasteiger charge is -2.17. The van der Waals surface area contributed by atoms with Gasteiger partial charge in [0.25, 0.3) is 0 Å². The fourth-order valence-electron chi connectivity index (χ4n) is 1.95. The summed E-state index contributed by atoms with van der Waals surface area (Å²) in [5, 5.41) is 5.60. The number of thiophene rings is 1. The molecular formula is C15H18FNS2. The number of halogens is 1. The van der Waals surface area contributed by atoms with Crippen molar-refractivity contribution in [1.29, 1.82) is 0 Å². The zero-order valence-corrected chi connectivity index (χ0v) is 12.8. The maximum atomic E-state index is 13.6. The van der Waals surface area contributed by atoms with Gasteiger partial charge in [-0.05, 0) is 42.6 Å². The second kappa shape index (κ2) is 7.08. The topological polar surface area (TPSA) is 12.0 Å². The van der Waals surface area contributed by atoms with Gasteiger partial charge in [-0.15, -0.1) is 23.1 Å². The van der Waals surface area contributed by atoms with Crippen molar-refractivity contribution in [2.45, 2.75) is 24.8 Å². The Kier molecular flexibility index (Phi) is 5.43. The number of thioether (sulfide) groups is 1. The zero-order chi connectivity index (χ0) is 13.7. The van der Waals surface area contributed by atoms with Crippen LogP contribution in [-0.4, -0.2) is 12.3 Å². The molecule has 0 radical (unpaired) electrons. The third kappa shape index (κ3) is 3.81. The molecule has 1 N–H and O–H groups in total. The molecule has 0 aliphatic rings. The van der Waals surface area contributed by atoms with Gasteiger partial charge in [0, 0.05) is 15.5 Å². The summed E-state index contributed by atoms with van der Waals surface area (Å²) in [5.41, 5.74) is 1.31. The fourth-order valence-corrected chi connectivity index (χ4v) is 4.07. The van der Waals surface area contributed by atoms with E-state index in [1.54, 1.807) is 29.2 Å². The number of benzene rings is 1. The van der Waals surface area contributed by atoms with Crippen molar-refractivity contribution in [3.63, 3.8) is 0 Å². The fraction of sp³-hybridized carbons (Fsp3) is 0.333. The van der Waals surface area contributed by atoms with Crippen LogP contribution >= 0.6 is 23.1 Å². The van der Waals surface area contributed by atoms with Gasteiger partial charge in [0.15, 0.2) is 0 Å². The van der Waals surface area contributed by atoms with Crippen LogP contribution < -0.4 is 5.32 Å². The van der Waals surface area contributed by atoms with Crippen LogP contribution in [0.4, 0.5) is 4.39 Å². The number of rotatable bonds is 6. The highest BCUT2D eigenvalue weighted by Gasteiger charge is 2.15. The van der Waals surface area contributed by atoms with Gasteiger partial charge in [-0.1, -0.05) is 19.1 Å². The van der Waals surface area contributed by atoms with Gasteiger partial charge in [-0.25, -0.2) is 4.39 Å². The van der Waals surface area contributed by atoms with E-state index in [-0.39, 0.29) is 11.9 Å². The first-order valence-electron chi connectivity index (χ1n) is 6.37. The summed E-state index contributed by atoms with van der Waals surface area (Å²) in [6.07, 6.45) is 0. The molecule has 1 nitrogen and oxygen atoms in total. The first kappa shape index (κ1) is 14.6. The van der Waals surface area contributed by atoms with Gasteiger partial charge in [-0.3, -0.25) is 0 Å². The van der Waals surface area contributed by atoms with Crippen molar-refractivity contribution in [3.05, 3.63) is 52.0 Å². The molecule has 1 heterocycles. The Morgan fingerprint density at radius 3 is 2.74 bits per heavy atom. The average molecular weight is 295 g/mol. The maximum absolute atomic E-state index is 13.6. The molecule has 102 valence electrons. The summed E-state index contributed by atoms with van der Waals surface area (Å²) in [4.78, 5) is 2.07. The first-order chi connectivity index (χ1) is 9.22. The molecule has 1 atom stereocenters. The summed E-state index contributed by atoms with van der Waals surface area (Å²) in [7, 11) is 0. The van der Waals surface area contributed by atoms with Gasteiger partial charge < -0.3 is 5.32 Å². The lowest BCUT2D eigenvalue weighted by atomic mass is 10.2. The molecule has 0 spiro atoms. The van der Waals surface area contributed by atoms with Gasteiger partial charge in [0.1, 0.15) is 5.82 Å². The Bertz CT molecular complexity index is 524.